The SMILES string of the molecule is COC(=O)[C@]1(C)Nc2c(OC(=O)CCNC(=O)OCc3ccccc3)cc3c(c2C1=O)[C@H](CBr)CN3C(=O)c1cc2cc(OC)c(OC)c(OC)c2[nH]1. The van der Waals surface area contributed by atoms with Crippen LogP contribution in [-0.2, 0) is 25.7 Å². The van der Waals surface area contributed by atoms with Gasteiger partial charge in [0.15, 0.2) is 22.8 Å². The van der Waals surface area contributed by atoms with Crippen molar-refractivity contribution in [2.75, 3.05) is 57.1 Å². The van der Waals surface area contributed by atoms with Crippen LogP contribution in [-0.4, -0.2) is 87.1 Å². The first-order chi connectivity index (χ1) is 25.5. The highest BCUT2D eigenvalue weighted by atomic mass is 79.9. The minimum Gasteiger partial charge on any atom is -0.493 e. The van der Waals surface area contributed by atoms with E-state index in [4.69, 9.17) is 28.4 Å². The molecule has 2 aliphatic rings. The Kier molecular flexibility index (Phi) is 10.5. The number of carbonyl (C=O) groups excluding carboxylic acids is 5. The van der Waals surface area contributed by atoms with Crippen molar-refractivity contribution < 1.29 is 52.4 Å². The van der Waals surface area contributed by atoms with E-state index in [0.29, 0.717) is 44.7 Å². The molecule has 0 fully saturated rings. The van der Waals surface area contributed by atoms with E-state index in [1.165, 1.54) is 39.2 Å². The number of rotatable bonds is 12. The van der Waals surface area contributed by atoms with Gasteiger partial charge in [-0.3, -0.25) is 14.4 Å². The van der Waals surface area contributed by atoms with E-state index in [0.717, 1.165) is 12.7 Å². The average molecular weight is 794 g/mol. The molecule has 4 aromatic rings. The molecule has 2 aliphatic heterocycles. The molecule has 278 valence electrons. The number of fused-ring (bicyclic) bond motifs is 4. The Morgan fingerprint density at radius 1 is 0.981 bits per heavy atom. The Morgan fingerprint density at radius 3 is 2.38 bits per heavy atom. The van der Waals surface area contributed by atoms with Crippen LogP contribution in [0.4, 0.5) is 16.2 Å². The van der Waals surface area contributed by atoms with Crippen molar-refractivity contribution in [1.29, 1.82) is 0 Å². The van der Waals surface area contributed by atoms with Crippen molar-refractivity contribution in [3.63, 3.8) is 0 Å². The van der Waals surface area contributed by atoms with Gasteiger partial charge >= 0.3 is 18.0 Å². The molecule has 3 N–H and O–H groups in total. The number of Topliss-reactive ketones (excluding diaryl/α,β-unsaturated/α-hetero) is 1. The molecule has 0 spiro atoms. The number of aromatic nitrogens is 1. The van der Waals surface area contributed by atoms with Gasteiger partial charge in [-0.05, 0) is 30.2 Å². The number of ketones is 1. The molecule has 0 unspecified atom stereocenters. The molecule has 3 aromatic carbocycles. The number of esters is 2. The second-order valence-electron chi connectivity index (χ2n) is 12.4. The number of halogens is 1. The van der Waals surface area contributed by atoms with Gasteiger partial charge in [-0.25, -0.2) is 9.59 Å². The Morgan fingerprint density at radius 2 is 1.72 bits per heavy atom. The number of carbonyl (C=O) groups is 5. The molecule has 1 aromatic heterocycles. The first-order valence-corrected chi connectivity index (χ1v) is 17.6. The summed E-state index contributed by atoms with van der Waals surface area (Å²) < 4.78 is 32.5. The number of nitrogens with one attached hydrogen (secondary N) is 3. The van der Waals surface area contributed by atoms with Gasteiger partial charge in [-0.1, -0.05) is 46.3 Å². The van der Waals surface area contributed by atoms with Gasteiger partial charge in [0.05, 0.1) is 57.3 Å². The molecule has 53 heavy (non-hydrogen) atoms. The van der Waals surface area contributed by atoms with E-state index in [-0.39, 0.29) is 54.7 Å². The fraction of sp³-hybridized carbons (Fsp3) is 0.324. The number of alkyl carbamates (subject to hydrolysis) is 1. The smallest absolute Gasteiger partial charge is 0.407 e. The number of hydrogen-bond donors (Lipinski definition) is 3. The Bertz CT molecular complexity index is 2120. The number of ether oxygens (including phenoxy) is 6. The molecule has 15 nitrogen and oxygen atoms in total. The van der Waals surface area contributed by atoms with E-state index < -0.39 is 35.3 Å². The lowest BCUT2D eigenvalue weighted by Crippen LogP contribution is -2.47. The number of alkyl halides is 1. The van der Waals surface area contributed by atoms with Crippen LogP contribution in [0.15, 0.2) is 48.5 Å². The Labute approximate surface area is 312 Å². The number of benzene rings is 3. The zero-order valence-electron chi connectivity index (χ0n) is 29.5. The zero-order valence-corrected chi connectivity index (χ0v) is 31.1. The summed E-state index contributed by atoms with van der Waals surface area (Å²) >= 11 is 3.54. The van der Waals surface area contributed by atoms with Gasteiger partial charge in [0.2, 0.25) is 11.5 Å². The molecule has 0 aliphatic carbocycles. The molecule has 2 atom stereocenters. The van der Waals surface area contributed by atoms with E-state index in [1.807, 2.05) is 30.3 Å². The fourth-order valence-corrected chi connectivity index (χ4v) is 7.12. The van der Waals surface area contributed by atoms with Crippen molar-refractivity contribution in [2.24, 2.45) is 0 Å². The lowest BCUT2D eigenvalue weighted by atomic mass is 9.89. The molecular formula is C37H37BrN4O11. The van der Waals surface area contributed by atoms with Crippen molar-refractivity contribution in [3.05, 3.63) is 70.9 Å². The van der Waals surface area contributed by atoms with Gasteiger partial charge in [0, 0.05) is 35.8 Å². The molecule has 0 saturated carbocycles. The maximum absolute atomic E-state index is 14.3. The first-order valence-electron chi connectivity index (χ1n) is 16.5. The minimum atomic E-state index is -1.84. The quantitative estimate of drug-likeness (QED) is 0.0749. The van der Waals surface area contributed by atoms with Crippen LogP contribution in [0.1, 0.15) is 51.2 Å². The van der Waals surface area contributed by atoms with E-state index in [1.54, 1.807) is 12.1 Å². The minimum absolute atomic E-state index is 0.0517. The lowest BCUT2D eigenvalue weighted by molar-refractivity contribution is -0.143. The van der Waals surface area contributed by atoms with E-state index in [9.17, 15) is 24.0 Å². The molecule has 3 heterocycles. The topological polar surface area (TPSA) is 184 Å². The monoisotopic (exact) mass is 792 g/mol. The van der Waals surface area contributed by atoms with Crippen molar-refractivity contribution in [2.45, 2.75) is 31.4 Å². The summed E-state index contributed by atoms with van der Waals surface area (Å²) in [5.41, 5.74) is 0.685. The highest BCUT2D eigenvalue weighted by molar-refractivity contribution is 9.09. The zero-order chi connectivity index (χ0) is 38.0. The predicted octanol–water partition coefficient (Wildman–Crippen LogP) is 5.09. The fourth-order valence-electron chi connectivity index (χ4n) is 6.59. The number of methoxy groups -OCH3 is 4. The number of anilines is 2. The second-order valence-corrected chi connectivity index (χ2v) is 13.0. The van der Waals surface area contributed by atoms with Crippen LogP contribution < -0.4 is 34.5 Å². The number of hydrogen-bond acceptors (Lipinski definition) is 12. The van der Waals surface area contributed by atoms with Crippen molar-refractivity contribution in [1.82, 2.24) is 10.3 Å². The predicted molar refractivity (Wildman–Crippen MR) is 196 cm³/mol. The number of amides is 2. The summed E-state index contributed by atoms with van der Waals surface area (Å²) in [6.07, 6.45) is -0.979. The third kappa shape index (κ3) is 6.69. The van der Waals surface area contributed by atoms with Crippen LogP contribution in [0, 0.1) is 0 Å². The van der Waals surface area contributed by atoms with Crippen LogP contribution in [0.3, 0.4) is 0 Å². The highest BCUT2D eigenvalue weighted by Gasteiger charge is 2.53. The normalized spacial score (nSPS) is 17.1. The molecule has 0 bridgehead atoms. The summed E-state index contributed by atoms with van der Waals surface area (Å²) in [6.45, 7) is 1.48. The van der Waals surface area contributed by atoms with Crippen LogP contribution in [0.2, 0.25) is 0 Å². The Hall–Kier alpha value is -5.77. The van der Waals surface area contributed by atoms with Crippen molar-refractivity contribution in [3.8, 4) is 23.0 Å². The number of aromatic amines is 1. The van der Waals surface area contributed by atoms with Crippen LogP contribution in [0.5, 0.6) is 23.0 Å². The molecule has 16 heteroatoms. The van der Waals surface area contributed by atoms with Gasteiger partial charge in [-0.2, -0.15) is 0 Å². The van der Waals surface area contributed by atoms with Gasteiger partial charge in [-0.15, -0.1) is 0 Å². The van der Waals surface area contributed by atoms with E-state index in [2.05, 4.69) is 31.5 Å². The summed E-state index contributed by atoms with van der Waals surface area (Å²) in [6, 6.07) is 14.0. The second kappa shape index (κ2) is 15.1. The van der Waals surface area contributed by atoms with Crippen LogP contribution >= 0.6 is 15.9 Å². The summed E-state index contributed by atoms with van der Waals surface area (Å²) in [5, 5.41) is 6.43. The summed E-state index contributed by atoms with van der Waals surface area (Å²) in [4.78, 5) is 71.5. The van der Waals surface area contributed by atoms with E-state index >= 15 is 0 Å². The van der Waals surface area contributed by atoms with Gasteiger partial charge in [0.25, 0.3) is 5.91 Å². The van der Waals surface area contributed by atoms with Gasteiger partial charge < -0.3 is 48.9 Å². The maximum atomic E-state index is 14.3. The molecule has 0 radical (unpaired) electrons. The standard InChI is InChI=1S/C37H37BrN4O11/c1-37(35(46)51-5)33(44)28-27-21(16-38)17-42(34(45)22-13-20-14-25(48-2)31(49-3)32(50-4)29(20)40-22)23(27)15-24(30(28)41-37)53-26(43)11-12-39-36(47)52-18-19-9-7-6-8-10-19/h6-10,13-15,21,40-41H,11-12,16-18H2,1-5H3,(H,39,47)/t21-,37-/m1/s1. The molecule has 0 saturated heterocycles. The first kappa shape index (κ1) is 37.0. The largest absolute Gasteiger partial charge is 0.493 e. The average Bonchev–Trinajstić information content (AvgIpc) is 3.84. The highest BCUT2D eigenvalue weighted by Crippen LogP contribution is 2.52. The third-order valence-corrected chi connectivity index (χ3v) is 9.96. The van der Waals surface area contributed by atoms with Gasteiger partial charge in [0.1, 0.15) is 12.3 Å². The molecule has 6 rings (SSSR count). The maximum Gasteiger partial charge on any atom is 0.407 e. The molecular weight excluding hydrogens is 756 g/mol. The summed E-state index contributed by atoms with van der Waals surface area (Å²) in [5.74, 6) is -2.04. The Balaban J connectivity index is 1.32. The van der Waals surface area contributed by atoms with Crippen LogP contribution in [0.25, 0.3) is 10.9 Å². The third-order valence-electron chi connectivity index (χ3n) is 9.18. The summed E-state index contributed by atoms with van der Waals surface area (Å²) in [7, 11) is 5.60. The number of nitrogens with zero attached hydrogens (tertiary/aromatic N) is 1. The molecule has 2 amide bonds. The van der Waals surface area contributed by atoms with Crippen molar-refractivity contribution >= 4 is 67.9 Å². The number of H-pyrrole nitrogens is 1. The lowest BCUT2D eigenvalue weighted by Gasteiger charge is -2.20.